The number of hydrogen-bond acceptors (Lipinski definition) is 0. The van der Waals surface area contributed by atoms with Crippen molar-refractivity contribution >= 4 is 11.6 Å². The van der Waals surface area contributed by atoms with Gasteiger partial charge in [-0.15, -0.1) is 0 Å². The molecule has 0 bridgehead atoms. The summed E-state index contributed by atoms with van der Waals surface area (Å²) in [5.74, 6) is 0. The Balaban J connectivity index is 2.63. The van der Waals surface area contributed by atoms with Crippen LogP contribution in [-0.4, -0.2) is 0 Å². The number of rotatable bonds is 1. The Hall–Kier alpha value is -1.69. The fourth-order valence-electron chi connectivity index (χ4n) is 1.84. The molecule has 0 atom stereocenters. The third kappa shape index (κ3) is 3.50. The highest BCUT2D eigenvalue weighted by atomic mass is 35.5. The summed E-state index contributed by atoms with van der Waals surface area (Å²) in [6.07, 6.45) is -9.73. The van der Waals surface area contributed by atoms with E-state index in [0.717, 1.165) is 6.07 Å². The Kier molecular flexibility index (Phi) is 3.93. The molecule has 0 nitrogen and oxygen atoms in total. The van der Waals surface area contributed by atoms with Gasteiger partial charge in [0.05, 0.1) is 11.1 Å². The fourth-order valence-corrected chi connectivity index (χ4v) is 1.96. The Morgan fingerprint density at radius 1 is 0.714 bits per heavy atom. The van der Waals surface area contributed by atoms with Crippen molar-refractivity contribution < 1.29 is 26.3 Å². The lowest BCUT2D eigenvalue weighted by molar-refractivity contribution is -0.142. The molecule has 2 rings (SSSR count). The smallest absolute Gasteiger partial charge is 0.166 e. The summed E-state index contributed by atoms with van der Waals surface area (Å²) in [5, 5.41) is 0.319. The van der Waals surface area contributed by atoms with Gasteiger partial charge in [-0.3, -0.25) is 0 Å². The minimum Gasteiger partial charge on any atom is -0.166 e. The first-order valence-electron chi connectivity index (χ1n) is 5.63. The van der Waals surface area contributed by atoms with Gasteiger partial charge in [-0.1, -0.05) is 29.8 Å². The largest absolute Gasteiger partial charge is 0.417 e. The first-order valence-corrected chi connectivity index (χ1v) is 6.01. The first kappa shape index (κ1) is 15.7. The van der Waals surface area contributed by atoms with E-state index in [9.17, 15) is 26.3 Å². The summed E-state index contributed by atoms with van der Waals surface area (Å²) in [6.45, 7) is 0. The molecule has 0 aliphatic heterocycles. The molecule has 0 N–H and O–H groups in total. The lowest BCUT2D eigenvalue weighted by atomic mass is 9.97. The van der Waals surface area contributed by atoms with E-state index in [2.05, 4.69) is 0 Å². The molecule has 2 aromatic rings. The maximum absolute atomic E-state index is 13.0. The molecule has 0 aromatic heterocycles. The van der Waals surface area contributed by atoms with E-state index in [1.54, 1.807) is 0 Å². The molecule has 0 saturated heterocycles. The lowest BCUT2D eigenvalue weighted by Crippen LogP contribution is -2.12. The van der Waals surface area contributed by atoms with Crippen LogP contribution in [0.1, 0.15) is 11.1 Å². The van der Waals surface area contributed by atoms with Crippen molar-refractivity contribution in [3.05, 3.63) is 58.6 Å². The molecule has 0 unspecified atom stereocenters. The first-order chi connectivity index (χ1) is 9.59. The van der Waals surface area contributed by atoms with Gasteiger partial charge in [-0.25, -0.2) is 0 Å². The van der Waals surface area contributed by atoms with E-state index in [0.29, 0.717) is 11.1 Å². The highest BCUT2D eigenvalue weighted by Gasteiger charge is 2.38. The molecule has 0 amide bonds. The minimum atomic E-state index is -4.89. The minimum absolute atomic E-state index is 0.115. The van der Waals surface area contributed by atoms with Crippen LogP contribution in [0.3, 0.4) is 0 Å². The third-order valence-electron chi connectivity index (χ3n) is 2.81. The van der Waals surface area contributed by atoms with Crippen LogP contribution in [0.15, 0.2) is 42.5 Å². The van der Waals surface area contributed by atoms with Crippen LogP contribution in [0.2, 0.25) is 5.02 Å². The Labute approximate surface area is 121 Å². The summed E-state index contributed by atoms with van der Waals surface area (Å²) >= 11 is 5.64. The third-order valence-corrected chi connectivity index (χ3v) is 3.06. The van der Waals surface area contributed by atoms with E-state index in [1.165, 1.54) is 24.3 Å². The van der Waals surface area contributed by atoms with Crippen LogP contribution in [0.4, 0.5) is 26.3 Å². The second-order valence-corrected chi connectivity index (χ2v) is 4.70. The molecule has 112 valence electrons. The zero-order valence-corrected chi connectivity index (χ0v) is 10.9. The van der Waals surface area contributed by atoms with E-state index in [1.807, 2.05) is 0 Å². The van der Waals surface area contributed by atoms with E-state index in [-0.39, 0.29) is 17.2 Å². The molecule has 0 aliphatic carbocycles. The number of alkyl halides is 6. The zero-order chi connectivity index (χ0) is 15.8. The molecule has 7 heteroatoms. The molecule has 0 fully saturated rings. The van der Waals surface area contributed by atoms with Gasteiger partial charge in [-0.2, -0.15) is 26.3 Å². The van der Waals surface area contributed by atoms with Crippen LogP contribution in [0.5, 0.6) is 0 Å². The Morgan fingerprint density at radius 2 is 1.29 bits per heavy atom. The van der Waals surface area contributed by atoms with E-state index >= 15 is 0 Å². The van der Waals surface area contributed by atoms with Crippen molar-refractivity contribution in [3.63, 3.8) is 0 Å². The molecule has 0 heterocycles. The summed E-state index contributed by atoms with van der Waals surface area (Å²) in [5.41, 5.74) is -2.86. The standard InChI is InChI=1S/C14H7ClF6/c15-10-4-1-8(2-5-10)11-6-3-9(13(16,17)18)7-12(11)14(19,20)21/h1-7H. The van der Waals surface area contributed by atoms with Crippen LogP contribution in [0, 0.1) is 0 Å². The molecule has 0 radical (unpaired) electrons. The van der Waals surface area contributed by atoms with Gasteiger partial charge >= 0.3 is 12.4 Å². The number of benzene rings is 2. The summed E-state index contributed by atoms with van der Waals surface area (Å²) in [6, 6.07) is 6.93. The molecule has 0 saturated carbocycles. The van der Waals surface area contributed by atoms with Crippen molar-refractivity contribution in [3.8, 4) is 11.1 Å². The van der Waals surface area contributed by atoms with Gasteiger partial charge in [-0.05, 0) is 35.4 Å². The normalized spacial score (nSPS) is 12.5. The van der Waals surface area contributed by atoms with Crippen molar-refractivity contribution in [2.45, 2.75) is 12.4 Å². The van der Waals surface area contributed by atoms with E-state index < -0.39 is 23.5 Å². The topological polar surface area (TPSA) is 0 Å². The molecule has 2 aromatic carbocycles. The Morgan fingerprint density at radius 3 is 1.76 bits per heavy atom. The summed E-state index contributed by atoms with van der Waals surface area (Å²) in [4.78, 5) is 0. The molecule has 21 heavy (non-hydrogen) atoms. The Bertz CT molecular complexity index is 640. The van der Waals surface area contributed by atoms with Gasteiger partial charge in [0.25, 0.3) is 0 Å². The maximum Gasteiger partial charge on any atom is 0.417 e. The monoisotopic (exact) mass is 324 g/mol. The zero-order valence-electron chi connectivity index (χ0n) is 10.2. The maximum atomic E-state index is 13.0. The summed E-state index contributed by atoms with van der Waals surface area (Å²) < 4.78 is 76.6. The average molecular weight is 325 g/mol. The second kappa shape index (κ2) is 5.26. The van der Waals surface area contributed by atoms with Crippen LogP contribution in [0.25, 0.3) is 11.1 Å². The predicted molar refractivity (Wildman–Crippen MR) is 66.9 cm³/mol. The quantitative estimate of drug-likeness (QED) is 0.561. The van der Waals surface area contributed by atoms with Crippen molar-refractivity contribution in [2.75, 3.05) is 0 Å². The highest BCUT2D eigenvalue weighted by Crippen LogP contribution is 2.40. The number of halogens is 7. The fraction of sp³-hybridized carbons (Fsp3) is 0.143. The van der Waals surface area contributed by atoms with Gasteiger partial charge in [0.1, 0.15) is 0 Å². The molecule has 0 spiro atoms. The highest BCUT2D eigenvalue weighted by molar-refractivity contribution is 6.30. The summed E-state index contributed by atoms with van der Waals surface area (Å²) in [7, 11) is 0. The van der Waals surface area contributed by atoms with Crippen molar-refractivity contribution in [2.24, 2.45) is 0 Å². The average Bonchev–Trinajstić information content (AvgIpc) is 2.37. The second-order valence-electron chi connectivity index (χ2n) is 4.26. The van der Waals surface area contributed by atoms with Gasteiger partial charge < -0.3 is 0 Å². The van der Waals surface area contributed by atoms with Gasteiger partial charge in [0, 0.05) is 5.02 Å². The van der Waals surface area contributed by atoms with Crippen molar-refractivity contribution in [1.82, 2.24) is 0 Å². The molecular formula is C14H7ClF6. The molecule has 0 aliphatic rings. The van der Waals surface area contributed by atoms with E-state index in [4.69, 9.17) is 11.6 Å². The van der Waals surface area contributed by atoms with Crippen LogP contribution >= 0.6 is 11.6 Å². The predicted octanol–water partition coefficient (Wildman–Crippen LogP) is 6.04. The van der Waals surface area contributed by atoms with Gasteiger partial charge in [0.2, 0.25) is 0 Å². The molecular weight excluding hydrogens is 318 g/mol. The van der Waals surface area contributed by atoms with Crippen LogP contribution < -0.4 is 0 Å². The SMILES string of the molecule is FC(F)(F)c1ccc(-c2ccc(Cl)cc2)c(C(F)(F)F)c1. The van der Waals surface area contributed by atoms with Gasteiger partial charge in [0.15, 0.2) is 0 Å². The van der Waals surface area contributed by atoms with Crippen LogP contribution in [-0.2, 0) is 12.4 Å². The van der Waals surface area contributed by atoms with Crippen molar-refractivity contribution in [1.29, 1.82) is 0 Å². The lowest BCUT2D eigenvalue weighted by Gasteiger charge is -2.16. The number of hydrogen-bond donors (Lipinski definition) is 0.